The molecule has 0 bridgehead atoms. The van der Waals surface area contributed by atoms with Gasteiger partial charge in [0.25, 0.3) is 0 Å². The lowest BCUT2D eigenvalue weighted by molar-refractivity contribution is 0.221. The van der Waals surface area contributed by atoms with Crippen LogP contribution in [0.15, 0.2) is 42.6 Å². The molecule has 0 amide bonds. The Hall–Kier alpha value is -1.81. The highest BCUT2D eigenvalue weighted by Crippen LogP contribution is 2.24. The first kappa shape index (κ1) is 15.1. The Morgan fingerprint density at radius 3 is 2.50 bits per heavy atom. The zero-order valence-electron chi connectivity index (χ0n) is 13.6. The predicted octanol–water partition coefficient (Wildman–Crippen LogP) is 3.22. The monoisotopic (exact) mass is 298 g/mol. The minimum absolute atomic E-state index is 0.566. The molecule has 1 aliphatic carbocycles. The lowest BCUT2D eigenvalue weighted by Crippen LogP contribution is -2.36. The van der Waals surface area contributed by atoms with Crippen LogP contribution in [0.1, 0.15) is 31.2 Å². The van der Waals surface area contributed by atoms with Crippen molar-refractivity contribution in [1.29, 1.82) is 0 Å². The second kappa shape index (κ2) is 6.97. The van der Waals surface area contributed by atoms with E-state index in [2.05, 4.69) is 65.9 Å². The smallest absolute Gasteiger partial charge is 0.148 e. The third-order valence-electron chi connectivity index (χ3n) is 4.61. The zero-order chi connectivity index (χ0) is 15.4. The van der Waals surface area contributed by atoms with Gasteiger partial charge in [-0.2, -0.15) is 5.10 Å². The molecule has 118 valence electrons. The molecule has 3 rings (SSSR count). The Morgan fingerprint density at radius 1 is 1.09 bits per heavy atom. The largest absolute Gasteiger partial charge is 0.366 e. The number of aromatic nitrogens is 2. The molecule has 2 aromatic rings. The Bertz CT molecular complexity index is 568. The van der Waals surface area contributed by atoms with Crippen molar-refractivity contribution >= 4 is 5.82 Å². The summed E-state index contributed by atoms with van der Waals surface area (Å²) in [6.07, 6.45) is 7.06. The van der Waals surface area contributed by atoms with E-state index in [0.717, 1.165) is 18.4 Å². The summed E-state index contributed by atoms with van der Waals surface area (Å²) >= 11 is 0. The summed E-state index contributed by atoms with van der Waals surface area (Å²) in [6.45, 7) is 0.829. The van der Waals surface area contributed by atoms with Gasteiger partial charge in [0.15, 0.2) is 0 Å². The molecular weight excluding hydrogens is 272 g/mol. The molecule has 4 heteroatoms. The van der Waals surface area contributed by atoms with Gasteiger partial charge in [-0.05, 0) is 45.3 Å². The minimum atomic E-state index is 0.566. The fourth-order valence-corrected chi connectivity index (χ4v) is 3.24. The van der Waals surface area contributed by atoms with E-state index in [-0.39, 0.29) is 0 Å². The van der Waals surface area contributed by atoms with E-state index in [4.69, 9.17) is 0 Å². The van der Waals surface area contributed by atoms with Crippen molar-refractivity contribution in [3.8, 4) is 0 Å². The molecule has 1 aromatic carbocycles. The van der Waals surface area contributed by atoms with Crippen LogP contribution >= 0.6 is 0 Å². The lowest BCUT2D eigenvalue weighted by Gasteiger charge is -2.32. The third kappa shape index (κ3) is 3.89. The summed E-state index contributed by atoms with van der Waals surface area (Å²) in [4.78, 5) is 2.35. The number of hydrogen-bond acceptors (Lipinski definition) is 3. The molecule has 0 aliphatic heterocycles. The van der Waals surface area contributed by atoms with Gasteiger partial charge in [-0.1, -0.05) is 30.3 Å². The van der Waals surface area contributed by atoms with Crippen molar-refractivity contribution in [1.82, 2.24) is 14.7 Å². The first-order valence-corrected chi connectivity index (χ1v) is 8.21. The summed E-state index contributed by atoms with van der Waals surface area (Å²) in [5.74, 6) is 1.00. The number of nitrogens with one attached hydrogen (secondary N) is 1. The molecule has 0 saturated heterocycles. The highest BCUT2D eigenvalue weighted by Gasteiger charge is 2.22. The van der Waals surface area contributed by atoms with Crippen LogP contribution in [0.3, 0.4) is 0 Å². The highest BCUT2D eigenvalue weighted by atomic mass is 15.3. The summed E-state index contributed by atoms with van der Waals surface area (Å²) in [7, 11) is 4.37. The second-order valence-corrected chi connectivity index (χ2v) is 6.50. The van der Waals surface area contributed by atoms with Crippen LogP contribution in [0.4, 0.5) is 5.82 Å². The predicted molar refractivity (Wildman–Crippen MR) is 91.1 cm³/mol. The van der Waals surface area contributed by atoms with Gasteiger partial charge in [0.05, 0.1) is 6.54 Å². The number of rotatable bonds is 5. The second-order valence-electron chi connectivity index (χ2n) is 6.50. The molecule has 1 N–H and O–H groups in total. The molecule has 0 spiro atoms. The Kier molecular flexibility index (Phi) is 4.78. The van der Waals surface area contributed by atoms with Crippen LogP contribution in [0.25, 0.3) is 0 Å². The molecular formula is C18H26N4. The minimum Gasteiger partial charge on any atom is -0.366 e. The maximum absolute atomic E-state index is 4.65. The number of nitrogens with zero attached hydrogens (tertiary/aromatic N) is 3. The summed E-state index contributed by atoms with van der Waals surface area (Å²) < 4.78 is 2.00. The van der Waals surface area contributed by atoms with Gasteiger partial charge >= 0.3 is 0 Å². The van der Waals surface area contributed by atoms with Crippen LogP contribution in [0, 0.1) is 0 Å². The molecule has 0 radical (unpaired) electrons. The summed E-state index contributed by atoms with van der Waals surface area (Å²) in [5.41, 5.74) is 1.28. The van der Waals surface area contributed by atoms with Crippen molar-refractivity contribution in [2.45, 2.75) is 44.3 Å². The van der Waals surface area contributed by atoms with Crippen molar-refractivity contribution in [2.24, 2.45) is 0 Å². The standard InChI is InChI=1S/C18H26N4/c1-21(2)17-10-8-16(9-11-17)19-18-12-13-22(20-18)14-15-6-4-3-5-7-15/h3-7,12-13,16-17H,8-11,14H2,1-2H3,(H,19,20). The fourth-order valence-electron chi connectivity index (χ4n) is 3.24. The average Bonchev–Trinajstić information content (AvgIpc) is 2.96. The van der Waals surface area contributed by atoms with Crippen LogP contribution in [0.2, 0.25) is 0 Å². The van der Waals surface area contributed by atoms with Crippen LogP contribution in [-0.2, 0) is 6.54 Å². The first-order valence-electron chi connectivity index (χ1n) is 8.21. The van der Waals surface area contributed by atoms with E-state index in [1.165, 1.54) is 31.2 Å². The summed E-state index contributed by atoms with van der Waals surface area (Å²) in [6, 6.07) is 13.9. The fraction of sp³-hybridized carbons (Fsp3) is 0.500. The molecule has 1 saturated carbocycles. The van der Waals surface area contributed by atoms with E-state index >= 15 is 0 Å². The molecule has 0 atom stereocenters. The topological polar surface area (TPSA) is 33.1 Å². The van der Waals surface area contributed by atoms with Gasteiger partial charge in [0.2, 0.25) is 0 Å². The SMILES string of the molecule is CN(C)C1CCC(Nc2ccn(Cc3ccccc3)n2)CC1. The third-order valence-corrected chi connectivity index (χ3v) is 4.61. The maximum Gasteiger partial charge on any atom is 0.148 e. The van der Waals surface area contributed by atoms with Gasteiger partial charge in [0, 0.05) is 24.3 Å². The molecule has 1 aromatic heterocycles. The van der Waals surface area contributed by atoms with Crippen LogP contribution in [0.5, 0.6) is 0 Å². The van der Waals surface area contributed by atoms with Crippen molar-refractivity contribution in [3.05, 3.63) is 48.2 Å². The van der Waals surface area contributed by atoms with Gasteiger partial charge in [-0.25, -0.2) is 0 Å². The van der Waals surface area contributed by atoms with Gasteiger partial charge in [-0.15, -0.1) is 0 Å². The quantitative estimate of drug-likeness (QED) is 0.920. The molecule has 22 heavy (non-hydrogen) atoms. The molecule has 0 unspecified atom stereocenters. The Balaban J connectivity index is 1.52. The van der Waals surface area contributed by atoms with E-state index < -0.39 is 0 Å². The van der Waals surface area contributed by atoms with Crippen molar-refractivity contribution in [2.75, 3.05) is 19.4 Å². The first-order chi connectivity index (χ1) is 10.7. The van der Waals surface area contributed by atoms with Gasteiger partial charge in [-0.3, -0.25) is 4.68 Å². The molecule has 1 heterocycles. The number of hydrogen-bond donors (Lipinski definition) is 1. The lowest BCUT2D eigenvalue weighted by atomic mass is 9.90. The van der Waals surface area contributed by atoms with Crippen molar-refractivity contribution < 1.29 is 0 Å². The van der Waals surface area contributed by atoms with E-state index in [0.29, 0.717) is 6.04 Å². The number of anilines is 1. The normalized spacial score (nSPS) is 22.0. The molecule has 4 nitrogen and oxygen atoms in total. The summed E-state index contributed by atoms with van der Waals surface area (Å²) in [5, 5.41) is 8.24. The van der Waals surface area contributed by atoms with Crippen LogP contribution < -0.4 is 5.32 Å². The molecule has 1 aliphatic rings. The number of benzene rings is 1. The van der Waals surface area contributed by atoms with E-state index in [1.807, 2.05) is 10.7 Å². The van der Waals surface area contributed by atoms with Gasteiger partial charge < -0.3 is 10.2 Å². The van der Waals surface area contributed by atoms with E-state index in [1.54, 1.807) is 0 Å². The van der Waals surface area contributed by atoms with Crippen molar-refractivity contribution in [3.63, 3.8) is 0 Å². The highest BCUT2D eigenvalue weighted by molar-refractivity contribution is 5.34. The molecule has 1 fully saturated rings. The maximum atomic E-state index is 4.65. The Labute approximate surface area is 133 Å². The van der Waals surface area contributed by atoms with E-state index in [9.17, 15) is 0 Å². The average molecular weight is 298 g/mol. The van der Waals surface area contributed by atoms with Gasteiger partial charge in [0.1, 0.15) is 5.82 Å². The zero-order valence-corrected chi connectivity index (χ0v) is 13.6. The Morgan fingerprint density at radius 2 is 1.82 bits per heavy atom. The van der Waals surface area contributed by atoms with Crippen LogP contribution in [-0.4, -0.2) is 40.9 Å².